The van der Waals surface area contributed by atoms with Crippen molar-refractivity contribution in [1.29, 1.82) is 0 Å². The minimum Gasteiger partial charge on any atom is -0.462 e. The molecule has 1 aliphatic heterocycles. The first kappa shape index (κ1) is 16.7. The summed E-state index contributed by atoms with van der Waals surface area (Å²) >= 11 is 0. The Bertz CT molecular complexity index is 666. The fourth-order valence-electron chi connectivity index (χ4n) is 2.23. The molecule has 122 valence electrons. The van der Waals surface area contributed by atoms with Crippen molar-refractivity contribution < 1.29 is 28.6 Å². The highest BCUT2D eigenvalue weighted by Gasteiger charge is 2.53. The first-order chi connectivity index (χ1) is 10.9. The Morgan fingerprint density at radius 3 is 2.48 bits per heavy atom. The van der Waals surface area contributed by atoms with Gasteiger partial charge in [0.15, 0.2) is 11.4 Å². The Morgan fingerprint density at radius 2 is 1.91 bits per heavy atom. The summed E-state index contributed by atoms with van der Waals surface area (Å²) in [5.74, 6) is -4.45. The molecule has 0 aliphatic carbocycles. The molecular weight excluding hydrogens is 302 g/mol. The van der Waals surface area contributed by atoms with Crippen LogP contribution in [0.3, 0.4) is 0 Å². The molecule has 0 radical (unpaired) electrons. The van der Waals surface area contributed by atoms with Crippen LogP contribution >= 0.6 is 0 Å². The van der Waals surface area contributed by atoms with Crippen LogP contribution in [0.5, 0.6) is 0 Å². The number of ether oxygens (including phenoxy) is 3. The van der Waals surface area contributed by atoms with Crippen LogP contribution in [0.25, 0.3) is 0 Å². The lowest BCUT2D eigenvalue weighted by Gasteiger charge is -2.25. The van der Waals surface area contributed by atoms with Crippen molar-refractivity contribution in [2.24, 2.45) is 5.73 Å². The Labute approximate surface area is 133 Å². The van der Waals surface area contributed by atoms with E-state index < -0.39 is 35.4 Å². The van der Waals surface area contributed by atoms with Crippen LogP contribution in [-0.4, -0.2) is 37.0 Å². The summed E-state index contributed by atoms with van der Waals surface area (Å²) < 4.78 is 15.1. The third-order valence-electron chi connectivity index (χ3n) is 3.39. The van der Waals surface area contributed by atoms with E-state index in [1.807, 2.05) is 0 Å². The molecule has 0 saturated heterocycles. The molecule has 1 aromatic carbocycles. The van der Waals surface area contributed by atoms with Crippen LogP contribution in [0.4, 0.5) is 0 Å². The summed E-state index contributed by atoms with van der Waals surface area (Å²) in [5, 5.41) is 0. The maximum Gasteiger partial charge on any atom is 0.347 e. The summed E-state index contributed by atoms with van der Waals surface area (Å²) in [6.45, 7) is 1.67. The summed E-state index contributed by atoms with van der Waals surface area (Å²) in [7, 11) is 1.21. The minimum atomic E-state index is -1.95. The number of carbonyl (C=O) groups is 3. The van der Waals surface area contributed by atoms with Gasteiger partial charge in [-0.1, -0.05) is 30.3 Å². The lowest BCUT2D eigenvalue weighted by molar-refractivity contribution is -0.188. The maximum atomic E-state index is 12.5. The molecule has 0 fully saturated rings. The predicted octanol–water partition coefficient (Wildman–Crippen LogP) is 0.935. The molecule has 1 aromatic rings. The number of carbonyl (C=O) groups excluding carboxylic acids is 3. The molecule has 23 heavy (non-hydrogen) atoms. The molecule has 0 amide bonds. The molecule has 1 atom stereocenters. The van der Waals surface area contributed by atoms with Gasteiger partial charge in [0.2, 0.25) is 11.7 Å². The number of esters is 1. The number of hydrogen-bond donors (Lipinski definition) is 1. The number of ketones is 2. The molecule has 2 rings (SSSR count). The van der Waals surface area contributed by atoms with Gasteiger partial charge >= 0.3 is 5.97 Å². The van der Waals surface area contributed by atoms with Crippen LogP contribution in [0.1, 0.15) is 23.7 Å². The van der Waals surface area contributed by atoms with Gasteiger partial charge in [-0.05, 0) is 6.92 Å². The Balaban J connectivity index is 2.25. The van der Waals surface area contributed by atoms with Crippen LogP contribution in [-0.2, 0) is 23.8 Å². The van der Waals surface area contributed by atoms with Crippen LogP contribution in [0, 0.1) is 0 Å². The molecule has 7 heteroatoms. The Hall–Kier alpha value is -2.67. The van der Waals surface area contributed by atoms with Crippen molar-refractivity contribution >= 4 is 17.5 Å². The number of benzene rings is 1. The molecule has 0 spiro atoms. The van der Waals surface area contributed by atoms with Gasteiger partial charge in [-0.3, -0.25) is 9.59 Å². The summed E-state index contributed by atoms with van der Waals surface area (Å²) in [5.41, 5.74) is 5.57. The van der Waals surface area contributed by atoms with E-state index in [0.717, 1.165) is 0 Å². The van der Waals surface area contributed by atoms with E-state index in [-0.39, 0.29) is 12.4 Å². The molecule has 1 aliphatic rings. The molecule has 1 unspecified atom stereocenters. The molecule has 0 bridgehead atoms. The smallest absolute Gasteiger partial charge is 0.347 e. The summed E-state index contributed by atoms with van der Waals surface area (Å²) in [4.78, 5) is 36.7. The van der Waals surface area contributed by atoms with E-state index >= 15 is 0 Å². The first-order valence-electron chi connectivity index (χ1n) is 6.99. The topological polar surface area (TPSA) is 105 Å². The zero-order chi connectivity index (χ0) is 17.0. The fourth-order valence-corrected chi connectivity index (χ4v) is 2.23. The highest BCUT2D eigenvalue weighted by Crippen LogP contribution is 2.33. The van der Waals surface area contributed by atoms with E-state index in [0.29, 0.717) is 5.56 Å². The zero-order valence-corrected chi connectivity index (χ0v) is 12.8. The van der Waals surface area contributed by atoms with Gasteiger partial charge in [0, 0.05) is 12.7 Å². The molecule has 0 aromatic heterocycles. The monoisotopic (exact) mass is 319 g/mol. The van der Waals surface area contributed by atoms with Gasteiger partial charge in [0.05, 0.1) is 13.0 Å². The van der Waals surface area contributed by atoms with Crippen LogP contribution < -0.4 is 5.73 Å². The van der Waals surface area contributed by atoms with Crippen molar-refractivity contribution in [1.82, 2.24) is 0 Å². The number of methoxy groups -OCH3 is 1. The van der Waals surface area contributed by atoms with Gasteiger partial charge in [-0.25, -0.2) is 4.79 Å². The molecule has 2 N–H and O–H groups in total. The van der Waals surface area contributed by atoms with Crippen molar-refractivity contribution in [3.63, 3.8) is 0 Å². The molecule has 7 nitrogen and oxygen atoms in total. The number of rotatable bonds is 6. The number of hydrogen-bond acceptors (Lipinski definition) is 7. The third kappa shape index (κ3) is 3.09. The van der Waals surface area contributed by atoms with Gasteiger partial charge in [0.1, 0.15) is 0 Å². The quantitative estimate of drug-likeness (QED) is 0.472. The second-order valence-corrected chi connectivity index (χ2v) is 4.81. The highest BCUT2D eigenvalue weighted by atomic mass is 16.7. The minimum absolute atomic E-state index is 0.0752. The van der Waals surface area contributed by atoms with Crippen LogP contribution in [0.15, 0.2) is 41.8 Å². The van der Waals surface area contributed by atoms with Gasteiger partial charge < -0.3 is 19.9 Å². The molecule has 1 heterocycles. The van der Waals surface area contributed by atoms with E-state index in [1.165, 1.54) is 7.11 Å². The van der Waals surface area contributed by atoms with Gasteiger partial charge in [0.25, 0.3) is 5.79 Å². The normalized spacial score (nSPS) is 20.3. The van der Waals surface area contributed by atoms with Crippen molar-refractivity contribution in [2.45, 2.75) is 19.1 Å². The SMILES string of the molecule is CCOC(=O)C1=C(N)OC(CC(=O)c2ccccc2)(OC)C1=O. The van der Waals surface area contributed by atoms with Gasteiger partial charge in [-0.2, -0.15) is 0 Å². The average molecular weight is 319 g/mol. The lowest BCUT2D eigenvalue weighted by Crippen LogP contribution is -2.43. The largest absolute Gasteiger partial charge is 0.462 e. The van der Waals surface area contributed by atoms with Crippen LogP contribution in [0.2, 0.25) is 0 Å². The lowest BCUT2D eigenvalue weighted by atomic mass is 9.97. The van der Waals surface area contributed by atoms with E-state index in [4.69, 9.17) is 19.9 Å². The fraction of sp³-hybridized carbons (Fsp3) is 0.312. The average Bonchev–Trinajstić information content (AvgIpc) is 2.79. The predicted molar refractivity (Wildman–Crippen MR) is 79.1 cm³/mol. The standard InChI is InChI=1S/C16H17NO6/c1-3-22-15(20)12-13(19)16(21-2,23-14(12)17)9-11(18)10-7-5-4-6-8-10/h4-8H,3,9,17H2,1-2H3. The Kier molecular flexibility index (Phi) is 4.80. The second kappa shape index (κ2) is 6.62. The third-order valence-corrected chi connectivity index (χ3v) is 3.39. The summed E-state index contributed by atoms with van der Waals surface area (Å²) in [6, 6.07) is 8.36. The molecular formula is C16H17NO6. The van der Waals surface area contributed by atoms with Crippen molar-refractivity contribution in [2.75, 3.05) is 13.7 Å². The van der Waals surface area contributed by atoms with E-state index in [9.17, 15) is 14.4 Å². The zero-order valence-electron chi connectivity index (χ0n) is 12.8. The summed E-state index contributed by atoms with van der Waals surface area (Å²) in [6.07, 6.45) is -0.407. The number of nitrogens with two attached hydrogens (primary N) is 1. The van der Waals surface area contributed by atoms with E-state index in [1.54, 1.807) is 37.3 Å². The van der Waals surface area contributed by atoms with Gasteiger partial charge in [-0.15, -0.1) is 0 Å². The van der Waals surface area contributed by atoms with Crippen molar-refractivity contribution in [3.8, 4) is 0 Å². The number of Topliss-reactive ketones (excluding diaryl/α,β-unsaturated/α-hetero) is 2. The van der Waals surface area contributed by atoms with Crippen molar-refractivity contribution in [3.05, 3.63) is 47.4 Å². The first-order valence-corrected chi connectivity index (χ1v) is 6.99. The maximum absolute atomic E-state index is 12.5. The molecule has 0 saturated carbocycles. The second-order valence-electron chi connectivity index (χ2n) is 4.81. The highest BCUT2D eigenvalue weighted by molar-refractivity contribution is 6.22. The Morgan fingerprint density at radius 1 is 1.26 bits per heavy atom. The van der Waals surface area contributed by atoms with E-state index in [2.05, 4.69) is 0 Å².